The van der Waals surface area contributed by atoms with Crippen molar-refractivity contribution in [1.82, 2.24) is 4.72 Å². The predicted octanol–water partition coefficient (Wildman–Crippen LogP) is 4.12. The summed E-state index contributed by atoms with van der Waals surface area (Å²) in [6, 6.07) is 15.0. The lowest BCUT2D eigenvalue weighted by molar-refractivity contribution is 0.407. The van der Waals surface area contributed by atoms with E-state index < -0.39 is 10.0 Å². The van der Waals surface area contributed by atoms with Crippen molar-refractivity contribution in [2.24, 2.45) is 0 Å². The van der Waals surface area contributed by atoms with E-state index in [1.807, 2.05) is 39.0 Å². The predicted molar refractivity (Wildman–Crippen MR) is 102 cm³/mol. The van der Waals surface area contributed by atoms with Crippen LogP contribution in [0.25, 0.3) is 0 Å². The molecule has 0 aliphatic rings. The average molecular weight is 362 g/mol. The van der Waals surface area contributed by atoms with E-state index in [0.717, 1.165) is 18.4 Å². The standard InChI is InChI=1S/C20H27NO3S/c1-15(2)19-14-18(12-13-20(19)24-4)25(22,23)21-16(3)10-11-17-8-6-5-7-9-17/h5-9,12-16,21H,10-11H2,1-4H3/t16-/m0/s1. The number of rotatable bonds is 8. The summed E-state index contributed by atoms with van der Waals surface area (Å²) in [6.07, 6.45) is 1.58. The third-order valence-corrected chi connectivity index (χ3v) is 5.79. The van der Waals surface area contributed by atoms with Crippen LogP contribution in [-0.2, 0) is 16.4 Å². The van der Waals surface area contributed by atoms with Crippen LogP contribution in [0.3, 0.4) is 0 Å². The fourth-order valence-electron chi connectivity index (χ4n) is 2.75. The van der Waals surface area contributed by atoms with Gasteiger partial charge in [-0.1, -0.05) is 44.2 Å². The van der Waals surface area contributed by atoms with Crippen molar-refractivity contribution >= 4 is 10.0 Å². The van der Waals surface area contributed by atoms with Crippen LogP contribution in [0.2, 0.25) is 0 Å². The monoisotopic (exact) mass is 361 g/mol. The van der Waals surface area contributed by atoms with E-state index in [1.54, 1.807) is 25.3 Å². The van der Waals surface area contributed by atoms with Crippen molar-refractivity contribution < 1.29 is 13.2 Å². The summed E-state index contributed by atoms with van der Waals surface area (Å²) in [4.78, 5) is 0.281. The fraction of sp³-hybridized carbons (Fsp3) is 0.400. The Labute approximate surface area is 151 Å². The first-order valence-corrected chi connectivity index (χ1v) is 10.1. The molecule has 2 rings (SSSR count). The molecule has 0 aromatic heterocycles. The molecule has 5 heteroatoms. The van der Waals surface area contributed by atoms with E-state index >= 15 is 0 Å². The molecule has 0 amide bonds. The van der Waals surface area contributed by atoms with Gasteiger partial charge in [0.15, 0.2) is 0 Å². The van der Waals surface area contributed by atoms with Crippen LogP contribution in [0.1, 0.15) is 44.2 Å². The first-order chi connectivity index (χ1) is 11.8. The summed E-state index contributed by atoms with van der Waals surface area (Å²) in [5, 5.41) is 0. The molecule has 2 aromatic carbocycles. The van der Waals surface area contributed by atoms with Crippen LogP contribution >= 0.6 is 0 Å². The van der Waals surface area contributed by atoms with Crippen LogP contribution in [0.4, 0.5) is 0 Å². The lowest BCUT2D eigenvalue weighted by atomic mass is 10.0. The molecule has 4 nitrogen and oxygen atoms in total. The fourth-order valence-corrected chi connectivity index (χ4v) is 4.06. The maximum Gasteiger partial charge on any atom is 0.240 e. The number of sulfonamides is 1. The summed E-state index contributed by atoms with van der Waals surface area (Å²) in [5.74, 6) is 0.895. The topological polar surface area (TPSA) is 55.4 Å². The minimum Gasteiger partial charge on any atom is -0.496 e. The molecule has 136 valence electrons. The zero-order valence-electron chi connectivity index (χ0n) is 15.3. The Morgan fingerprint density at radius 2 is 1.72 bits per heavy atom. The molecular weight excluding hydrogens is 334 g/mol. The second-order valence-electron chi connectivity index (χ2n) is 6.61. The van der Waals surface area contributed by atoms with Crippen LogP contribution in [0.15, 0.2) is 53.4 Å². The van der Waals surface area contributed by atoms with Crippen LogP contribution in [0.5, 0.6) is 5.75 Å². The number of methoxy groups -OCH3 is 1. The van der Waals surface area contributed by atoms with Crippen LogP contribution in [-0.4, -0.2) is 21.6 Å². The summed E-state index contributed by atoms with van der Waals surface area (Å²) in [6.45, 7) is 5.93. The molecule has 0 unspecified atom stereocenters. The largest absolute Gasteiger partial charge is 0.496 e. The minimum atomic E-state index is -3.55. The highest BCUT2D eigenvalue weighted by molar-refractivity contribution is 7.89. The highest BCUT2D eigenvalue weighted by atomic mass is 32.2. The third-order valence-electron chi connectivity index (χ3n) is 4.20. The second-order valence-corrected chi connectivity index (χ2v) is 8.32. The van der Waals surface area contributed by atoms with Gasteiger partial charge in [0, 0.05) is 6.04 Å². The lowest BCUT2D eigenvalue weighted by Crippen LogP contribution is -2.33. The van der Waals surface area contributed by atoms with Crippen molar-refractivity contribution in [2.45, 2.75) is 50.5 Å². The Morgan fingerprint density at radius 3 is 2.32 bits per heavy atom. The summed E-state index contributed by atoms with van der Waals surface area (Å²) in [7, 11) is -1.95. The smallest absolute Gasteiger partial charge is 0.240 e. The molecule has 0 spiro atoms. The van der Waals surface area contributed by atoms with Gasteiger partial charge in [-0.3, -0.25) is 0 Å². The third kappa shape index (κ3) is 5.31. The van der Waals surface area contributed by atoms with Gasteiger partial charge in [-0.15, -0.1) is 0 Å². The molecular formula is C20H27NO3S. The molecule has 2 aromatic rings. The van der Waals surface area contributed by atoms with Gasteiger partial charge in [0.2, 0.25) is 10.0 Å². The number of nitrogens with one attached hydrogen (secondary N) is 1. The van der Waals surface area contributed by atoms with E-state index in [1.165, 1.54) is 5.56 Å². The number of benzene rings is 2. The van der Waals surface area contributed by atoms with Crippen LogP contribution < -0.4 is 9.46 Å². The average Bonchev–Trinajstić information content (AvgIpc) is 2.59. The van der Waals surface area contributed by atoms with Crippen molar-refractivity contribution in [3.05, 3.63) is 59.7 Å². The van der Waals surface area contributed by atoms with Gasteiger partial charge in [0.05, 0.1) is 12.0 Å². The molecule has 0 saturated carbocycles. The Hall–Kier alpha value is -1.85. The SMILES string of the molecule is COc1ccc(S(=O)(=O)N[C@@H](C)CCc2ccccc2)cc1C(C)C. The van der Waals surface area contributed by atoms with E-state index in [0.29, 0.717) is 5.75 Å². The van der Waals surface area contributed by atoms with Crippen molar-refractivity contribution in [3.63, 3.8) is 0 Å². The lowest BCUT2D eigenvalue weighted by Gasteiger charge is -2.17. The second kappa shape index (κ2) is 8.50. The highest BCUT2D eigenvalue weighted by Gasteiger charge is 2.20. The van der Waals surface area contributed by atoms with Gasteiger partial charge in [0.1, 0.15) is 5.75 Å². The molecule has 0 saturated heterocycles. The zero-order chi connectivity index (χ0) is 18.4. The van der Waals surface area contributed by atoms with Crippen molar-refractivity contribution in [2.75, 3.05) is 7.11 Å². The first-order valence-electron chi connectivity index (χ1n) is 8.57. The number of hydrogen-bond acceptors (Lipinski definition) is 3. The molecule has 25 heavy (non-hydrogen) atoms. The Morgan fingerprint density at radius 1 is 1.04 bits per heavy atom. The quantitative estimate of drug-likeness (QED) is 0.769. The van der Waals surface area contributed by atoms with Crippen molar-refractivity contribution in [1.29, 1.82) is 0 Å². The first kappa shape index (κ1) is 19.5. The molecule has 1 atom stereocenters. The molecule has 0 aliphatic heterocycles. The molecule has 0 heterocycles. The van der Waals surface area contributed by atoms with Gasteiger partial charge in [-0.25, -0.2) is 13.1 Å². The maximum absolute atomic E-state index is 12.7. The van der Waals surface area contributed by atoms with Gasteiger partial charge in [0.25, 0.3) is 0 Å². The Kier molecular flexibility index (Phi) is 6.62. The summed E-state index contributed by atoms with van der Waals surface area (Å²) < 4.78 is 33.5. The van der Waals surface area contributed by atoms with E-state index in [9.17, 15) is 8.42 Å². The minimum absolute atomic E-state index is 0.144. The molecule has 0 aliphatic carbocycles. The van der Waals surface area contributed by atoms with Gasteiger partial charge >= 0.3 is 0 Å². The molecule has 1 N–H and O–H groups in total. The van der Waals surface area contributed by atoms with E-state index in [-0.39, 0.29) is 16.9 Å². The number of aryl methyl sites for hydroxylation is 1. The molecule has 0 fully saturated rings. The van der Waals surface area contributed by atoms with Gasteiger partial charge in [-0.2, -0.15) is 0 Å². The van der Waals surface area contributed by atoms with E-state index in [4.69, 9.17) is 4.74 Å². The zero-order valence-corrected chi connectivity index (χ0v) is 16.1. The molecule has 0 radical (unpaired) electrons. The van der Waals surface area contributed by atoms with E-state index in [2.05, 4.69) is 16.9 Å². The maximum atomic E-state index is 12.7. The summed E-state index contributed by atoms with van der Waals surface area (Å²) >= 11 is 0. The highest BCUT2D eigenvalue weighted by Crippen LogP contribution is 2.29. The Bertz CT molecular complexity index is 786. The normalized spacial score (nSPS) is 13.0. The number of ether oxygens (including phenoxy) is 1. The van der Waals surface area contributed by atoms with Crippen LogP contribution in [0, 0.1) is 0 Å². The van der Waals surface area contributed by atoms with Gasteiger partial charge in [-0.05, 0) is 55.0 Å². The number of hydrogen-bond donors (Lipinski definition) is 1. The van der Waals surface area contributed by atoms with Crippen molar-refractivity contribution in [3.8, 4) is 5.75 Å². The van der Waals surface area contributed by atoms with Gasteiger partial charge < -0.3 is 4.74 Å². The summed E-state index contributed by atoms with van der Waals surface area (Å²) in [5.41, 5.74) is 2.10. The Balaban J connectivity index is 2.09. The molecule has 0 bridgehead atoms.